The number of phenolic OH excluding ortho intramolecular Hbond substituents is 1. The summed E-state index contributed by atoms with van der Waals surface area (Å²) >= 11 is 0. The number of benzene rings is 2. The van der Waals surface area contributed by atoms with Crippen LogP contribution in [0.5, 0.6) is 11.5 Å². The third-order valence-electron chi connectivity index (χ3n) is 4.77. The van der Waals surface area contributed by atoms with E-state index < -0.39 is 11.0 Å². The molecule has 0 aromatic heterocycles. The molecule has 1 aliphatic heterocycles. The Morgan fingerprint density at radius 1 is 1.19 bits per heavy atom. The van der Waals surface area contributed by atoms with Crippen LogP contribution in [-0.2, 0) is 10.2 Å². The molecule has 0 saturated heterocycles. The van der Waals surface area contributed by atoms with E-state index in [1.54, 1.807) is 26.0 Å². The van der Waals surface area contributed by atoms with Crippen molar-refractivity contribution >= 4 is 11.6 Å². The van der Waals surface area contributed by atoms with Gasteiger partial charge >= 0.3 is 0 Å². The second-order valence-electron chi connectivity index (χ2n) is 7.46. The van der Waals surface area contributed by atoms with Gasteiger partial charge in [-0.3, -0.25) is 4.79 Å². The summed E-state index contributed by atoms with van der Waals surface area (Å²) in [4.78, 5) is 13.2. The Kier molecular flexibility index (Phi) is 4.44. The maximum atomic E-state index is 13.2. The first-order valence-electron chi connectivity index (χ1n) is 8.79. The number of carbonyl (C=O) groups is 1. The molecule has 3 rings (SSSR count). The number of ether oxygens (including phenoxy) is 1. The fourth-order valence-corrected chi connectivity index (χ4v) is 3.83. The zero-order chi connectivity index (χ0) is 19.1. The van der Waals surface area contributed by atoms with Crippen LogP contribution in [0, 0.1) is 6.92 Å². The normalized spacial score (nSPS) is 19.2. The molecule has 138 valence electrons. The maximum Gasteiger partial charge on any atom is 0.239 e. The first-order chi connectivity index (χ1) is 12.2. The van der Waals surface area contributed by atoms with E-state index in [9.17, 15) is 15.0 Å². The van der Waals surface area contributed by atoms with Gasteiger partial charge in [0.1, 0.15) is 16.9 Å². The predicted molar refractivity (Wildman–Crippen MR) is 101 cm³/mol. The molecule has 1 unspecified atom stereocenters. The second-order valence-corrected chi connectivity index (χ2v) is 7.46. The van der Waals surface area contributed by atoms with Gasteiger partial charge in [0.2, 0.25) is 5.91 Å². The number of aliphatic hydroxyl groups is 1. The summed E-state index contributed by atoms with van der Waals surface area (Å²) in [5.74, 6) is 0.372. The van der Waals surface area contributed by atoms with Crippen molar-refractivity contribution in [2.24, 2.45) is 0 Å². The fourth-order valence-electron chi connectivity index (χ4n) is 3.83. The van der Waals surface area contributed by atoms with Crippen LogP contribution in [0.4, 0.5) is 5.69 Å². The summed E-state index contributed by atoms with van der Waals surface area (Å²) in [6.07, 6.45) is 0.130. The zero-order valence-corrected chi connectivity index (χ0v) is 15.6. The summed E-state index contributed by atoms with van der Waals surface area (Å²) in [5.41, 5.74) is 0.346. The number of aromatic hydroxyl groups is 1. The number of phenols is 1. The van der Waals surface area contributed by atoms with Crippen LogP contribution in [0.3, 0.4) is 0 Å². The minimum atomic E-state index is -1.20. The van der Waals surface area contributed by atoms with Gasteiger partial charge in [0.05, 0.1) is 12.2 Å². The summed E-state index contributed by atoms with van der Waals surface area (Å²) in [7, 11) is 0. The molecule has 0 fully saturated rings. The van der Waals surface area contributed by atoms with Gasteiger partial charge in [-0.1, -0.05) is 18.2 Å². The molecule has 1 atom stereocenters. The number of aryl methyl sites for hydroxylation is 1. The highest BCUT2D eigenvalue weighted by Gasteiger charge is 2.52. The summed E-state index contributed by atoms with van der Waals surface area (Å²) in [6, 6.07) is 10.7. The SMILES string of the molecule is CCOc1cc(C2(CC(C)(C)O)C(=O)Nc3ccccc32)c(O)cc1C. The van der Waals surface area contributed by atoms with Crippen molar-refractivity contribution in [2.75, 3.05) is 11.9 Å². The molecule has 26 heavy (non-hydrogen) atoms. The fraction of sp³-hybridized carbons (Fsp3) is 0.381. The van der Waals surface area contributed by atoms with Gasteiger partial charge in [0.25, 0.3) is 0 Å². The molecule has 0 spiro atoms. The number of nitrogens with one attached hydrogen (secondary N) is 1. The van der Waals surface area contributed by atoms with Gasteiger partial charge in [-0.15, -0.1) is 0 Å². The quantitative estimate of drug-likeness (QED) is 0.767. The summed E-state index contributed by atoms with van der Waals surface area (Å²) < 4.78 is 5.68. The summed E-state index contributed by atoms with van der Waals surface area (Å²) in [5, 5.41) is 24.2. The Balaban J connectivity index is 2.31. The van der Waals surface area contributed by atoms with Gasteiger partial charge in [-0.2, -0.15) is 0 Å². The van der Waals surface area contributed by atoms with Crippen LogP contribution in [0.15, 0.2) is 36.4 Å². The Morgan fingerprint density at radius 3 is 2.54 bits per heavy atom. The lowest BCUT2D eigenvalue weighted by Crippen LogP contribution is -2.42. The molecule has 1 amide bonds. The van der Waals surface area contributed by atoms with E-state index in [0.29, 0.717) is 23.6 Å². The smallest absolute Gasteiger partial charge is 0.239 e. The highest BCUT2D eigenvalue weighted by atomic mass is 16.5. The van der Waals surface area contributed by atoms with E-state index in [-0.39, 0.29) is 18.1 Å². The first kappa shape index (κ1) is 18.3. The topological polar surface area (TPSA) is 78.8 Å². The Labute approximate surface area is 153 Å². The molecule has 2 aromatic rings. The number of fused-ring (bicyclic) bond motifs is 1. The van der Waals surface area contributed by atoms with Crippen molar-refractivity contribution in [3.63, 3.8) is 0 Å². The molecule has 1 aliphatic rings. The lowest BCUT2D eigenvalue weighted by atomic mass is 9.68. The van der Waals surface area contributed by atoms with Crippen molar-refractivity contribution in [1.29, 1.82) is 0 Å². The van der Waals surface area contributed by atoms with Gasteiger partial charge in [-0.25, -0.2) is 0 Å². The average molecular weight is 355 g/mol. The van der Waals surface area contributed by atoms with Crippen LogP contribution in [-0.4, -0.2) is 28.3 Å². The molecule has 0 aliphatic carbocycles. The van der Waals surface area contributed by atoms with Gasteiger partial charge in [-0.05, 0) is 63.4 Å². The molecule has 5 nitrogen and oxygen atoms in total. The Hall–Kier alpha value is -2.53. The molecule has 3 N–H and O–H groups in total. The number of hydrogen-bond acceptors (Lipinski definition) is 4. The van der Waals surface area contributed by atoms with Gasteiger partial charge in [0.15, 0.2) is 0 Å². The van der Waals surface area contributed by atoms with Crippen LogP contribution in [0.25, 0.3) is 0 Å². The molecular formula is C21H25NO4. The van der Waals surface area contributed by atoms with Crippen LogP contribution in [0.1, 0.15) is 43.9 Å². The van der Waals surface area contributed by atoms with Crippen molar-refractivity contribution in [2.45, 2.75) is 45.1 Å². The predicted octanol–water partition coefficient (Wildman–Crippen LogP) is 3.50. The Morgan fingerprint density at radius 2 is 1.88 bits per heavy atom. The number of hydrogen-bond donors (Lipinski definition) is 3. The van der Waals surface area contributed by atoms with Crippen molar-refractivity contribution in [3.8, 4) is 11.5 Å². The van der Waals surface area contributed by atoms with Gasteiger partial charge < -0.3 is 20.3 Å². The highest BCUT2D eigenvalue weighted by Crippen LogP contribution is 2.51. The van der Waals surface area contributed by atoms with Crippen molar-refractivity contribution in [3.05, 3.63) is 53.1 Å². The minimum Gasteiger partial charge on any atom is -0.508 e. The molecule has 0 bridgehead atoms. The molecule has 0 radical (unpaired) electrons. The van der Waals surface area contributed by atoms with Crippen LogP contribution in [0.2, 0.25) is 0 Å². The van der Waals surface area contributed by atoms with Crippen LogP contribution < -0.4 is 10.1 Å². The van der Waals surface area contributed by atoms with Crippen molar-refractivity contribution < 1.29 is 19.7 Å². The maximum absolute atomic E-state index is 13.2. The molecule has 0 saturated carbocycles. The average Bonchev–Trinajstić information content (AvgIpc) is 2.81. The van der Waals surface area contributed by atoms with Crippen LogP contribution >= 0.6 is 0 Å². The third-order valence-corrected chi connectivity index (χ3v) is 4.77. The first-order valence-corrected chi connectivity index (χ1v) is 8.79. The summed E-state index contributed by atoms with van der Waals surface area (Å²) in [6.45, 7) is 7.54. The monoisotopic (exact) mass is 355 g/mol. The number of anilines is 1. The lowest BCUT2D eigenvalue weighted by Gasteiger charge is -2.34. The minimum absolute atomic E-state index is 0.0158. The molecule has 5 heteroatoms. The number of rotatable bonds is 5. The van der Waals surface area contributed by atoms with E-state index in [0.717, 1.165) is 11.1 Å². The highest BCUT2D eigenvalue weighted by molar-refractivity contribution is 6.09. The zero-order valence-electron chi connectivity index (χ0n) is 15.6. The Bertz CT molecular complexity index is 854. The van der Waals surface area contributed by atoms with E-state index in [1.807, 2.05) is 38.1 Å². The molecular weight excluding hydrogens is 330 g/mol. The van der Waals surface area contributed by atoms with Gasteiger partial charge in [0, 0.05) is 11.3 Å². The second kappa shape index (κ2) is 6.32. The number of para-hydroxylation sites is 1. The molecule has 2 aromatic carbocycles. The van der Waals surface area contributed by atoms with E-state index in [2.05, 4.69) is 5.32 Å². The lowest BCUT2D eigenvalue weighted by molar-refractivity contribution is -0.121. The number of carbonyl (C=O) groups excluding carboxylic acids is 1. The van der Waals surface area contributed by atoms with E-state index >= 15 is 0 Å². The standard InChI is InChI=1S/C21H25NO4/c1-5-26-18-11-15(17(23)10-13(18)2)21(12-20(3,4)25)14-8-6-7-9-16(14)22-19(21)24/h6-11,23,25H,5,12H2,1-4H3,(H,22,24). The van der Waals surface area contributed by atoms with Crippen molar-refractivity contribution in [1.82, 2.24) is 0 Å². The van der Waals surface area contributed by atoms with E-state index in [1.165, 1.54) is 0 Å². The largest absolute Gasteiger partial charge is 0.508 e. The molecule has 1 heterocycles. The number of amides is 1. The third kappa shape index (κ3) is 2.92. The van der Waals surface area contributed by atoms with E-state index in [4.69, 9.17) is 4.74 Å².